The minimum atomic E-state index is -0.0499. The molecule has 0 aliphatic heterocycles. The first-order chi connectivity index (χ1) is 10.7. The molecule has 0 atom stereocenters. The van der Waals surface area contributed by atoms with Crippen molar-refractivity contribution in [1.82, 2.24) is 10.6 Å². The third kappa shape index (κ3) is 10.4. The Kier molecular flexibility index (Phi) is 12.9. The lowest BCUT2D eigenvalue weighted by Gasteiger charge is -2.11. The topological polar surface area (TPSA) is 65.5 Å². The van der Waals surface area contributed by atoms with E-state index in [2.05, 4.69) is 34.1 Å². The molecule has 5 nitrogen and oxygen atoms in total. The fourth-order valence-electron chi connectivity index (χ4n) is 1.87. The van der Waals surface area contributed by atoms with Gasteiger partial charge in [0.15, 0.2) is 5.96 Å². The maximum atomic E-state index is 11.0. The highest BCUT2D eigenvalue weighted by Crippen LogP contribution is 2.09. The Morgan fingerprint density at radius 3 is 2.48 bits per heavy atom. The van der Waals surface area contributed by atoms with Gasteiger partial charge in [-0.3, -0.25) is 9.79 Å². The number of rotatable bonds is 8. The number of halogens is 1. The molecular weight excluding hydrogens is 423 g/mol. The zero-order valence-corrected chi connectivity index (χ0v) is 17.2. The first kappa shape index (κ1) is 22.0. The number of carbonyl (C=O) groups is 1. The third-order valence-corrected chi connectivity index (χ3v) is 3.48. The van der Waals surface area contributed by atoms with Gasteiger partial charge in [-0.25, -0.2) is 0 Å². The van der Waals surface area contributed by atoms with E-state index < -0.39 is 0 Å². The number of amides is 1. The lowest BCUT2D eigenvalue weighted by Crippen LogP contribution is -2.38. The molecule has 0 aromatic heterocycles. The molecule has 0 spiro atoms. The van der Waals surface area contributed by atoms with E-state index in [9.17, 15) is 4.79 Å². The van der Waals surface area contributed by atoms with Crippen LogP contribution in [-0.2, 0) is 11.2 Å². The highest BCUT2D eigenvalue weighted by Gasteiger charge is 1.99. The van der Waals surface area contributed by atoms with E-state index >= 15 is 0 Å². The van der Waals surface area contributed by atoms with Crippen LogP contribution < -0.4 is 16.0 Å². The molecule has 23 heavy (non-hydrogen) atoms. The molecule has 1 amide bonds. The molecule has 0 saturated carbocycles. The fraction of sp³-hybridized carbons (Fsp3) is 0.500. The van der Waals surface area contributed by atoms with Crippen LogP contribution in [0.4, 0.5) is 5.69 Å². The lowest BCUT2D eigenvalue weighted by atomic mass is 10.1. The van der Waals surface area contributed by atoms with Gasteiger partial charge in [-0.05, 0) is 37.3 Å². The Bertz CT molecular complexity index is 479. The number of benzene rings is 1. The Morgan fingerprint density at radius 1 is 1.22 bits per heavy atom. The van der Waals surface area contributed by atoms with Gasteiger partial charge in [0, 0.05) is 31.5 Å². The number of nitrogens with zero attached hydrogens (tertiary/aromatic N) is 1. The van der Waals surface area contributed by atoms with Crippen molar-refractivity contribution in [3.8, 4) is 0 Å². The lowest BCUT2D eigenvalue weighted by molar-refractivity contribution is -0.114. The van der Waals surface area contributed by atoms with E-state index in [0.29, 0.717) is 0 Å². The largest absolute Gasteiger partial charge is 0.357 e. The van der Waals surface area contributed by atoms with Crippen molar-refractivity contribution in [3.05, 3.63) is 29.8 Å². The van der Waals surface area contributed by atoms with Crippen molar-refractivity contribution in [1.29, 1.82) is 0 Å². The zero-order valence-electron chi connectivity index (χ0n) is 14.0. The van der Waals surface area contributed by atoms with Crippen LogP contribution in [0.15, 0.2) is 29.3 Å². The summed E-state index contributed by atoms with van der Waals surface area (Å²) in [5, 5.41) is 9.34. The highest BCUT2D eigenvalue weighted by atomic mass is 127. The van der Waals surface area contributed by atoms with Crippen LogP contribution in [0.3, 0.4) is 0 Å². The van der Waals surface area contributed by atoms with Gasteiger partial charge in [-0.2, -0.15) is 11.8 Å². The number of hydrogen-bond donors (Lipinski definition) is 3. The summed E-state index contributed by atoms with van der Waals surface area (Å²) in [6.07, 6.45) is 2.99. The molecular formula is C16H27IN4OS. The molecule has 0 radical (unpaired) electrons. The molecule has 1 rings (SSSR count). The van der Waals surface area contributed by atoms with E-state index in [1.54, 1.807) is 11.8 Å². The molecule has 3 N–H and O–H groups in total. The second-order valence-corrected chi connectivity index (χ2v) is 5.79. The van der Waals surface area contributed by atoms with Crippen LogP contribution >= 0.6 is 35.7 Å². The SMILES string of the molecule is CCNC(=NCCSC)NCCc1ccc(NC(C)=O)cc1.I. The number of thioether (sulfide) groups is 1. The molecule has 0 aliphatic carbocycles. The van der Waals surface area contributed by atoms with Gasteiger partial charge in [0.25, 0.3) is 0 Å². The standard InChI is InChI=1S/C16H26N4OS.HI/c1-4-17-16(19-11-12-22-3)18-10-9-14-5-7-15(8-6-14)20-13(2)21;/h5-8H,4,9-12H2,1-3H3,(H,20,21)(H2,17,18,19);1H. The molecule has 0 bridgehead atoms. The summed E-state index contributed by atoms with van der Waals surface area (Å²) in [5.41, 5.74) is 2.05. The minimum Gasteiger partial charge on any atom is -0.357 e. The Labute approximate surface area is 160 Å². The summed E-state index contributed by atoms with van der Waals surface area (Å²) in [6, 6.07) is 7.92. The average molecular weight is 450 g/mol. The first-order valence-electron chi connectivity index (χ1n) is 7.53. The highest BCUT2D eigenvalue weighted by molar-refractivity contribution is 14.0. The van der Waals surface area contributed by atoms with E-state index in [0.717, 1.165) is 43.5 Å². The molecule has 130 valence electrons. The van der Waals surface area contributed by atoms with Crippen molar-refractivity contribution >= 4 is 53.3 Å². The monoisotopic (exact) mass is 450 g/mol. The fourth-order valence-corrected chi connectivity index (χ4v) is 2.15. The zero-order chi connectivity index (χ0) is 16.2. The van der Waals surface area contributed by atoms with Crippen LogP contribution in [0.5, 0.6) is 0 Å². The summed E-state index contributed by atoms with van der Waals surface area (Å²) < 4.78 is 0. The van der Waals surface area contributed by atoms with Crippen LogP contribution in [0.25, 0.3) is 0 Å². The number of carbonyl (C=O) groups excluding carboxylic acids is 1. The van der Waals surface area contributed by atoms with Crippen molar-refractivity contribution < 1.29 is 4.79 Å². The Morgan fingerprint density at radius 2 is 1.91 bits per heavy atom. The van der Waals surface area contributed by atoms with Gasteiger partial charge < -0.3 is 16.0 Å². The van der Waals surface area contributed by atoms with Gasteiger partial charge in [-0.1, -0.05) is 12.1 Å². The molecule has 1 aromatic rings. The predicted molar refractivity (Wildman–Crippen MR) is 112 cm³/mol. The van der Waals surface area contributed by atoms with Gasteiger partial charge in [0.1, 0.15) is 0 Å². The van der Waals surface area contributed by atoms with Crippen LogP contribution in [-0.4, -0.2) is 43.5 Å². The molecule has 7 heteroatoms. The molecule has 0 saturated heterocycles. The summed E-state index contributed by atoms with van der Waals surface area (Å²) in [4.78, 5) is 15.5. The second kappa shape index (κ2) is 13.5. The Balaban J connectivity index is 0.00000484. The molecule has 0 unspecified atom stereocenters. The number of anilines is 1. The second-order valence-electron chi connectivity index (χ2n) is 4.81. The average Bonchev–Trinajstić information content (AvgIpc) is 2.49. The van der Waals surface area contributed by atoms with Crippen molar-refractivity contribution in [3.63, 3.8) is 0 Å². The van der Waals surface area contributed by atoms with E-state index in [1.807, 2.05) is 24.3 Å². The summed E-state index contributed by atoms with van der Waals surface area (Å²) in [7, 11) is 0. The summed E-state index contributed by atoms with van der Waals surface area (Å²) >= 11 is 1.80. The number of hydrogen-bond acceptors (Lipinski definition) is 3. The number of aliphatic imine (C=N–C) groups is 1. The number of guanidine groups is 1. The predicted octanol–water partition coefficient (Wildman–Crippen LogP) is 2.72. The van der Waals surface area contributed by atoms with Crippen molar-refractivity contribution in [2.45, 2.75) is 20.3 Å². The van der Waals surface area contributed by atoms with Crippen molar-refractivity contribution in [2.75, 3.05) is 37.0 Å². The van der Waals surface area contributed by atoms with E-state index in [-0.39, 0.29) is 29.9 Å². The molecule has 0 fully saturated rings. The van der Waals surface area contributed by atoms with Crippen LogP contribution in [0.2, 0.25) is 0 Å². The first-order valence-corrected chi connectivity index (χ1v) is 8.92. The molecule has 0 heterocycles. The van der Waals surface area contributed by atoms with E-state index in [4.69, 9.17) is 0 Å². The smallest absolute Gasteiger partial charge is 0.221 e. The maximum Gasteiger partial charge on any atom is 0.221 e. The molecule has 1 aromatic carbocycles. The summed E-state index contributed by atoms with van der Waals surface area (Å²) in [6.45, 7) is 6.08. The third-order valence-electron chi connectivity index (χ3n) is 2.89. The van der Waals surface area contributed by atoms with E-state index in [1.165, 1.54) is 12.5 Å². The van der Waals surface area contributed by atoms with Crippen LogP contribution in [0, 0.1) is 0 Å². The van der Waals surface area contributed by atoms with Gasteiger partial charge in [0.05, 0.1) is 6.54 Å². The summed E-state index contributed by atoms with van der Waals surface area (Å²) in [5.74, 6) is 1.85. The van der Waals surface area contributed by atoms with Crippen LogP contribution in [0.1, 0.15) is 19.4 Å². The van der Waals surface area contributed by atoms with Gasteiger partial charge in [-0.15, -0.1) is 24.0 Å². The van der Waals surface area contributed by atoms with Gasteiger partial charge in [0.2, 0.25) is 5.91 Å². The normalized spacial score (nSPS) is 10.7. The number of nitrogens with one attached hydrogen (secondary N) is 3. The maximum absolute atomic E-state index is 11.0. The van der Waals surface area contributed by atoms with Gasteiger partial charge >= 0.3 is 0 Å². The molecule has 0 aliphatic rings. The minimum absolute atomic E-state index is 0. The van der Waals surface area contributed by atoms with Crippen molar-refractivity contribution in [2.24, 2.45) is 4.99 Å². The quantitative estimate of drug-likeness (QED) is 0.247. The Hall–Kier alpha value is -0.960.